The Kier molecular flexibility index (Phi) is 5.30. The first kappa shape index (κ1) is 15.9. The molecule has 0 saturated carbocycles. The van der Waals surface area contributed by atoms with Crippen LogP contribution in [-0.4, -0.2) is 53.4 Å². The minimum Gasteiger partial charge on any atom is -0.336 e. The molecule has 1 aliphatic heterocycles. The lowest BCUT2D eigenvalue weighted by Gasteiger charge is -2.34. The maximum atomic E-state index is 12.5. The fraction of sp³-hybridized carbons (Fsp3) is 0.500. The molecule has 0 spiro atoms. The van der Waals surface area contributed by atoms with Crippen LogP contribution in [0, 0.1) is 10.1 Å². The van der Waals surface area contributed by atoms with Gasteiger partial charge in [0.1, 0.15) is 4.47 Å². The summed E-state index contributed by atoms with van der Waals surface area (Å²) in [6.07, 6.45) is 1.10. The van der Waals surface area contributed by atoms with Crippen molar-refractivity contribution in [2.24, 2.45) is 0 Å². The van der Waals surface area contributed by atoms with Crippen LogP contribution in [0.3, 0.4) is 0 Å². The van der Waals surface area contributed by atoms with Gasteiger partial charge >= 0.3 is 0 Å². The molecule has 1 aliphatic rings. The van der Waals surface area contributed by atoms with E-state index in [2.05, 4.69) is 27.8 Å². The van der Waals surface area contributed by atoms with Gasteiger partial charge in [0.05, 0.1) is 10.5 Å². The number of carbonyl (C=O) groups excluding carboxylic acids is 1. The summed E-state index contributed by atoms with van der Waals surface area (Å²) in [7, 11) is 0. The van der Waals surface area contributed by atoms with E-state index in [0.29, 0.717) is 18.7 Å². The second kappa shape index (κ2) is 7.00. The quantitative estimate of drug-likeness (QED) is 0.614. The van der Waals surface area contributed by atoms with Gasteiger partial charge in [0.15, 0.2) is 0 Å². The van der Waals surface area contributed by atoms with E-state index >= 15 is 0 Å². The van der Waals surface area contributed by atoms with Crippen molar-refractivity contribution in [2.45, 2.75) is 13.3 Å². The Bertz CT molecular complexity index is 542. The van der Waals surface area contributed by atoms with E-state index in [0.717, 1.165) is 26.1 Å². The van der Waals surface area contributed by atoms with Crippen LogP contribution in [0.2, 0.25) is 0 Å². The first-order chi connectivity index (χ1) is 10.0. The standard InChI is InChI=1S/C14H18BrN3O3/c1-2-6-16-7-9-17(10-8-16)14(19)11-4-3-5-12(13(11)15)18(20)21/h3-5H,2,6-10H2,1H3. The SMILES string of the molecule is CCCN1CCN(C(=O)c2cccc([N+](=O)[O-])c2Br)CC1. The van der Waals surface area contributed by atoms with Crippen LogP contribution in [0.5, 0.6) is 0 Å². The molecule has 0 radical (unpaired) electrons. The zero-order valence-corrected chi connectivity index (χ0v) is 13.5. The van der Waals surface area contributed by atoms with Crippen LogP contribution in [0.1, 0.15) is 23.7 Å². The summed E-state index contributed by atoms with van der Waals surface area (Å²) in [5, 5.41) is 10.9. The first-order valence-electron chi connectivity index (χ1n) is 6.99. The van der Waals surface area contributed by atoms with E-state index in [9.17, 15) is 14.9 Å². The molecule has 21 heavy (non-hydrogen) atoms. The summed E-state index contributed by atoms with van der Waals surface area (Å²) in [6, 6.07) is 4.56. The van der Waals surface area contributed by atoms with Crippen LogP contribution in [0.15, 0.2) is 22.7 Å². The van der Waals surface area contributed by atoms with Crippen molar-refractivity contribution >= 4 is 27.5 Å². The highest BCUT2D eigenvalue weighted by atomic mass is 79.9. The van der Waals surface area contributed by atoms with E-state index in [1.54, 1.807) is 17.0 Å². The van der Waals surface area contributed by atoms with Crippen molar-refractivity contribution in [1.29, 1.82) is 0 Å². The molecule has 0 N–H and O–H groups in total. The van der Waals surface area contributed by atoms with Gasteiger partial charge < -0.3 is 4.90 Å². The van der Waals surface area contributed by atoms with Crippen molar-refractivity contribution in [3.8, 4) is 0 Å². The number of benzene rings is 1. The Morgan fingerprint density at radius 1 is 1.33 bits per heavy atom. The molecule has 0 aliphatic carbocycles. The molecule has 1 amide bonds. The fourth-order valence-electron chi connectivity index (χ4n) is 2.49. The Labute approximate surface area is 132 Å². The third-order valence-electron chi connectivity index (χ3n) is 3.60. The molecular weight excluding hydrogens is 338 g/mol. The van der Waals surface area contributed by atoms with Crippen LogP contribution in [-0.2, 0) is 0 Å². The minimum absolute atomic E-state index is 0.0783. The Morgan fingerprint density at radius 3 is 2.57 bits per heavy atom. The molecule has 1 aromatic rings. The molecule has 114 valence electrons. The van der Waals surface area contributed by atoms with Gasteiger partial charge in [0.25, 0.3) is 11.6 Å². The number of piperazine rings is 1. The highest BCUT2D eigenvalue weighted by Gasteiger charge is 2.26. The molecule has 0 bridgehead atoms. The Balaban J connectivity index is 2.11. The second-order valence-corrected chi connectivity index (χ2v) is 5.82. The molecule has 7 heteroatoms. The van der Waals surface area contributed by atoms with Gasteiger partial charge in [-0.3, -0.25) is 19.8 Å². The summed E-state index contributed by atoms with van der Waals surface area (Å²) in [6.45, 7) is 6.21. The topological polar surface area (TPSA) is 66.7 Å². The number of nitrogens with zero attached hydrogens (tertiary/aromatic N) is 3. The second-order valence-electron chi connectivity index (χ2n) is 5.03. The Hall–Kier alpha value is -1.47. The Morgan fingerprint density at radius 2 is 2.00 bits per heavy atom. The number of halogens is 1. The molecule has 6 nitrogen and oxygen atoms in total. The molecule has 0 aromatic heterocycles. The van der Waals surface area contributed by atoms with Crippen molar-refractivity contribution in [3.63, 3.8) is 0 Å². The summed E-state index contributed by atoms with van der Waals surface area (Å²) in [5.41, 5.74) is 0.276. The third kappa shape index (κ3) is 3.59. The van der Waals surface area contributed by atoms with Crippen LogP contribution < -0.4 is 0 Å². The largest absolute Gasteiger partial charge is 0.336 e. The number of rotatable bonds is 4. The van der Waals surface area contributed by atoms with Crippen molar-refractivity contribution in [1.82, 2.24) is 9.80 Å². The summed E-state index contributed by atoms with van der Waals surface area (Å²) in [4.78, 5) is 27.0. The van der Waals surface area contributed by atoms with Crippen LogP contribution >= 0.6 is 15.9 Å². The lowest BCUT2D eigenvalue weighted by atomic mass is 10.1. The molecule has 2 rings (SSSR count). The van der Waals surface area contributed by atoms with E-state index in [4.69, 9.17) is 0 Å². The average Bonchev–Trinajstić information content (AvgIpc) is 2.47. The van der Waals surface area contributed by atoms with Gasteiger partial charge in [-0.05, 0) is 35.0 Å². The molecule has 1 heterocycles. The lowest BCUT2D eigenvalue weighted by Crippen LogP contribution is -2.48. The molecule has 1 fully saturated rings. The van der Waals surface area contributed by atoms with Crippen molar-refractivity contribution in [3.05, 3.63) is 38.3 Å². The fourth-order valence-corrected chi connectivity index (χ4v) is 3.07. The molecule has 0 unspecified atom stereocenters. The van der Waals surface area contributed by atoms with Crippen molar-refractivity contribution in [2.75, 3.05) is 32.7 Å². The van der Waals surface area contributed by atoms with Gasteiger partial charge in [-0.25, -0.2) is 0 Å². The summed E-state index contributed by atoms with van der Waals surface area (Å²) < 4.78 is 0.260. The maximum Gasteiger partial charge on any atom is 0.284 e. The van der Waals surface area contributed by atoms with E-state index in [1.165, 1.54) is 6.07 Å². The first-order valence-corrected chi connectivity index (χ1v) is 7.78. The smallest absolute Gasteiger partial charge is 0.284 e. The predicted molar refractivity (Wildman–Crippen MR) is 83.4 cm³/mol. The average molecular weight is 356 g/mol. The predicted octanol–water partition coefficient (Wildman–Crippen LogP) is 2.53. The van der Waals surface area contributed by atoms with Gasteiger partial charge in [0.2, 0.25) is 0 Å². The third-order valence-corrected chi connectivity index (χ3v) is 4.44. The zero-order chi connectivity index (χ0) is 15.4. The van der Waals surface area contributed by atoms with Gasteiger partial charge in [-0.1, -0.05) is 13.0 Å². The number of carbonyl (C=O) groups is 1. The molecule has 1 saturated heterocycles. The van der Waals surface area contributed by atoms with E-state index < -0.39 is 4.92 Å². The molecule has 0 atom stereocenters. The summed E-state index contributed by atoms with van der Waals surface area (Å²) >= 11 is 3.19. The van der Waals surface area contributed by atoms with E-state index in [1.807, 2.05) is 0 Å². The maximum absolute atomic E-state index is 12.5. The number of nitro benzene ring substituents is 1. The molecular formula is C14H18BrN3O3. The number of hydrogen-bond acceptors (Lipinski definition) is 4. The minimum atomic E-state index is -0.486. The monoisotopic (exact) mass is 355 g/mol. The zero-order valence-electron chi connectivity index (χ0n) is 11.9. The molecule has 1 aromatic carbocycles. The van der Waals surface area contributed by atoms with E-state index in [-0.39, 0.29) is 16.1 Å². The lowest BCUT2D eigenvalue weighted by molar-refractivity contribution is -0.385. The highest BCUT2D eigenvalue weighted by molar-refractivity contribution is 9.10. The van der Waals surface area contributed by atoms with Gasteiger partial charge in [0, 0.05) is 32.2 Å². The number of amides is 1. The van der Waals surface area contributed by atoms with Gasteiger partial charge in [-0.15, -0.1) is 0 Å². The van der Waals surface area contributed by atoms with Gasteiger partial charge in [-0.2, -0.15) is 0 Å². The number of nitro groups is 1. The van der Waals surface area contributed by atoms with Crippen LogP contribution in [0.4, 0.5) is 5.69 Å². The number of hydrogen-bond donors (Lipinski definition) is 0. The summed E-state index contributed by atoms with van der Waals surface area (Å²) in [5.74, 6) is -0.151. The normalized spacial score (nSPS) is 16.0. The van der Waals surface area contributed by atoms with Crippen molar-refractivity contribution < 1.29 is 9.72 Å². The van der Waals surface area contributed by atoms with Crippen LogP contribution in [0.25, 0.3) is 0 Å². The highest BCUT2D eigenvalue weighted by Crippen LogP contribution is 2.29.